The Morgan fingerprint density at radius 2 is 2.26 bits per heavy atom. The van der Waals surface area contributed by atoms with Gasteiger partial charge in [0.05, 0.1) is 0 Å². The average Bonchev–Trinajstić information content (AvgIpc) is 2.89. The predicted molar refractivity (Wildman–Crippen MR) is 81.6 cm³/mol. The molecule has 0 spiro atoms. The van der Waals surface area contributed by atoms with Crippen molar-refractivity contribution in [2.45, 2.75) is 58.0 Å². The topological polar surface area (TPSA) is 15.3 Å². The monoisotopic (exact) mass is 258 g/mol. The van der Waals surface area contributed by atoms with Gasteiger partial charge in [0.1, 0.15) is 0 Å². The van der Waals surface area contributed by atoms with E-state index in [2.05, 4.69) is 35.3 Å². The highest BCUT2D eigenvalue weighted by Crippen LogP contribution is 2.27. The summed E-state index contributed by atoms with van der Waals surface area (Å²) in [6.07, 6.45) is 8.07. The van der Waals surface area contributed by atoms with Gasteiger partial charge in [-0.05, 0) is 49.4 Å². The standard InChI is InChI=1S/C17H26N2/c1-2-5-16-6-3-4-11-19(16)13-14-7-8-15-9-10-18-17(15)12-14/h7-8,12,16,18H,2-6,9-11,13H2,1H3. The Hall–Kier alpha value is -1.02. The average molecular weight is 258 g/mol. The van der Waals surface area contributed by atoms with Gasteiger partial charge in [-0.25, -0.2) is 0 Å². The second-order valence-corrected chi connectivity index (χ2v) is 6.08. The number of nitrogens with zero attached hydrogens (tertiary/aromatic N) is 1. The number of nitrogens with one attached hydrogen (secondary N) is 1. The smallest absolute Gasteiger partial charge is 0.0376 e. The SMILES string of the molecule is CCCC1CCCCN1Cc1ccc2c(c1)NCC2. The summed E-state index contributed by atoms with van der Waals surface area (Å²) in [5.41, 5.74) is 4.35. The zero-order valence-corrected chi connectivity index (χ0v) is 12.1. The number of anilines is 1. The molecule has 104 valence electrons. The second kappa shape index (κ2) is 5.96. The molecule has 0 radical (unpaired) electrons. The highest BCUT2D eigenvalue weighted by atomic mass is 15.2. The highest BCUT2D eigenvalue weighted by Gasteiger charge is 2.22. The molecule has 1 fully saturated rings. The number of hydrogen-bond donors (Lipinski definition) is 1. The van der Waals surface area contributed by atoms with Crippen LogP contribution in [0.2, 0.25) is 0 Å². The Morgan fingerprint density at radius 1 is 1.32 bits per heavy atom. The van der Waals surface area contributed by atoms with E-state index in [4.69, 9.17) is 0 Å². The van der Waals surface area contributed by atoms with E-state index in [0.29, 0.717) is 0 Å². The van der Waals surface area contributed by atoms with Crippen LogP contribution in [0.15, 0.2) is 18.2 Å². The Morgan fingerprint density at radius 3 is 3.16 bits per heavy atom. The third kappa shape index (κ3) is 2.94. The number of fused-ring (bicyclic) bond motifs is 1. The van der Waals surface area contributed by atoms with E-state index >= 15 is 0 Å². The molecule has 19 heavy (non-hydrogen) atoms. The molecular formula is C17H26N2. The summed E-state index contributed by atoms with van der Waals surface area (Å²) in [6.45, 7) is 5.85. The van der Waals surface area contributed by atoms with Gasteiger partial charge in [0.2, 0.25) is 0 Å². The van der Waals surface area contributed by atoms with Crippen molar-refractivity contribution in [3.63, 3.8) is 0 Å². The molecule has 2 aliphatic rings. The van der Waals surface area contributed by atoms with Crippen LogP contribution in [-0.2, 0) is 13.0 Å². The van der Waals surface area contributed by atoms with Gasteiger partial charge in [-0.3, -0.25) is 4.90 Å². The number of benzene rings is 1. The molecule has 1 aromatic rings. The largest absolute Gasteiger partial charge is 0.384 e. The van der Waals surface area contributed by atoms with Crippen LogP contribution in [-0.4, -0.2) is 24.0 Å². The lowest BCUT2D eigenvalue weighted by Crippen LogP contribution is -2.38. The fraction of sp³-hybridized carbons (Fsp3) is 0.647. The summed E-state index contributed by atoms with van der Waals surface area (Å²) in [6, 6.07) is 7.85. The van der Waals surface area contributed by atoms with Gasteiger partial charge < -0.3 is 5.32 Å². The molecule has 0 amide bonds. The third-order valence-corrected chi connectivity index (χ3v) is 4.64. The van der Waals surface area contributed by atoms with E-state index in [1.807, 2.05) is 0 Å². The van der Waals surface area contributed by atoms with E-state index in [1.165, 1.54) is 61.9 Å². The molecule has 3 rings (SSSR count). The minimum atomic E-state index is 0.819. The van der Waals surface area contributed by atoms with Crippen LogP contribution in [0, 0.1) is 0 Å². The molecule has 0 saturated carbocycles. The van der Waals surface area contributed by atoms with Crippen LogP contribution < -0.4 is 5.32 Å². The third-order valence-electron chi connectivity index (χ3n) is 4.64. The minimum absolute atomic E-state index is 0.819. The van der Waals surface area contributed by atoms with Crippen molar-refractivity contribution in [1.29, 1.82) is 0 Å². The van der Waals surface area contributed by atoms with Crippen molar-refractivity contribution in [2.24, 2.45) is 0 Å². The van der Waals surface area contributed by atoms with Crippen LogP contribution in [0.5, 0.6) is 0 Å². The van der Waals surface area contributed by atoms with Gasteiger partial charge in [-0.2, -0.15) is 0 Å². The van der Waals surface area contributed by atoms with Crippen LogP contribution in [0.1, 0.15) is 50.2 Å². The molecule has 1 aromatic carbocycles. The summed E-state index contributed by atoms with van der Waals surface area (Å²) in [5, 5.41) is 3.50. The van der Waals surface area contributed by atoms with Crippen LogP contribution in [0.25, 0.3) is 0 Å². The Labute approximate surface area is 117 Å². The minimum Gasteiger partial charge on any atom is -0.384 e. The molecule has 1 saturated heterocycles. The van der Waals surface area contributed by atoms with Gasteiger partial charge >= 0.3 is 0 Å². The molecule has 2 aliphatic heterocycles. The molecule has 1 N–H and O–H groups in total. The normalized spacial score (nSPS) is 23.1. The van der Waals surface area contributed by atoms with Crippen molar-refractivity contribution in [3.05, 3.63) is 29.3 Å². The van der Waals surface area contributed by atoms with Crippen molar-refractivity contribution in [2.75, 3.05) is 18.4 Å². The summed E-state index contributed by atoms with van der Waals surface area (Å²) in [5.74, 6) is 0. The fourth-order valence-electron chi connectivity index (χ4n) is 3.60. The molecule has 2 heterocycles. The van der Waals surface area contributed by atoms with Crippen molar-refractivity contribution in [3.8, 4) is 0 Å². The lowest BCUT2D eigenvalue weighted by molar-refractivity contribution is 0.131. The summed E-state index contributed by atoms with van der Waals surface area (Å²) >= 11 is 0. The molecule has 1 unspecified atom stereocenters. The van der Waals surface area contributed by atoms with Crippen molar-refractivity contribution < 1.29 is 0 Å². The van der Waals surface area contributed by atoms with Gasteiger partial charge in [0.25, 0.3) is 0 Å². The lowest BCUT2D eigenvalue weighted by atomic mass is 9.97. The first-order valence-electron chi connectivity index (χ1n) is 7.96. The fourth-order valence-corrected chi connectivity index (χ4v) is 3.60. The van der Waals surface area contributed by atoms with E-state index in [0.717, 1.165) is 19.1 Å². The van der Waals surface area contributed by atoms with Gasteiger partial charge in [-0.1, -0.05) is 31.9 Å². The molecule has 2 heteroatoms. The van der Waals surface area contributed by atoms with Crippen molar-refractivity contribution in [1.82, 2.24) is 4.90 Å². The maximum absolute atomic E-state index is 3.50. The Kier molecular flexibility index (Phi) is 4.07. The number of rotatable bonds is 4. The maximum atomic E-state index is 3.50. The molecule has 0 bridgehead atoms. The first-order valence-corrected chi connectivity index (χ1v) is 7.96. The first kappa shape index (κ1) is 13.0. The molecule has 0 aromatic heterocycles. The molecule has 2 nitrogen and oxygen atoms in total. The second-order valence-electron chi connectivity index (χ2n) is 6.08. The van der Waals surface area contributed by atoms with Crippen LogP contribution in [0.3, 0.4) is 0 Å². The predicted octanol–water partition coefficient (Wildman–Crippen LogP) is 3.81. The lowest BCUT2D eigenvalue weighted by Gasteiger charge is -2.35. The quantitative estimate of drug-likeness (QED) is 0.883. The number of hydrogen-bond acceptors (Lipinski definition) is 2. The Bertz CT molecular complexity index is 425. The summed E-state index contributed by atoms with van der Waals surface area (Å²) in [7, 11) is 0. The van der Waals surface area contributed by atoms with Crippen LogP contribution >= 0.6 is 0 Å². The van der Waals surface area contributed by atoms with Gasteiger partial charge in [0, 0.05) is 24.8 Å². The Balaban J connectivity index is 1.69. The van der Waals surface area contributed by atoms with E-state index in [-0.39, 0.29) is 0 Å². The zero-order chi connectivity index (χ0) is 13.1. The van der Waals surface area contributed by atoms with E-state index in [1.54, 1.807) is 0 Å². The summed E-state index contributed by atoms with van der Waals surface area (Å²) < 4.78 is 0. The molecule has 1 atom stereocenters. The summed E-state index contributed by atoms with van der Waals surface area (Å²) in [4.78, 5) is 2.71. The highest BCUT2D eigenvalue weighted by molar-refractivity contribution is 5.57. The first-order chi connectivity index (χ1) is 9.36. The number of likely N-dealkylation sites (tertiary alicyclic amines) is 1. The number of piperidine rings is 1. The van der Waals surface area contributed by atoms with Crippen LogP contribution in [0.4, 0.5) is 5.69 Å². The zero-order valence-electron chi connectivity index (χ0n) is 12.1. The van der Waals surface area contributed by atoms with Gasteiger partial charge in [0.15, 0.2) is 0 Å². The molecule has 0 aliphatic carbocycles. The van der Waals surface area contributed by atoms with Crippen molar-refractivity contribution >= 4 is 5.69 Å². The van der Waals surface area contributed by atoms with E-state index in [9.17, 15) is 0 Å². The van der Waals surface area contributed by atoms with E-state index < -0.39 is 0 Å². The maximum Gasteiger partial charge on any atom is 0.0376 e. The van der Waals surface area contributed by atoms with Gasteiger partial charge in [-0.15, -0.1) is 0 Å². The molecular weight excluding hydrogens is 232 g/mol.